The van der Waals surface area contributed by atoms with Crippen molar-refractivity contribution >= 4 is 23.3 Å². The highest BCUT2D eigenvalue weighted by atomic mass is 35.5. The molecule has 0 aliphatic heterocycles. The van der Waals surface area contributed by atoms with Crippen LogP contribution in [0.15, 0.2) is 24.3 Å². The molecule has 0 aliphatic rings. The summed E-state index contributed by atoms with van der Waals surface area (Å²) in [5.41, 5.74) is 0.618. The fourth-order valence-corrected chi connectivity index (χ4v) is 1.17. The molecule has 0 unspecified atom stereocenters. The average molecular weight is 213 g/mol. The number of halogens is 1. The smallest absolute Gasteiger partial charge is 0.319 e. The Morgan fingerprint density at radius 1 is 1.36 bits per heavy atom. The van der Waals surface area contributed by atoms with Crippen LogP contribution < -0.4 is 10.6 Å². The first kappa shape index (κ1) is 10.9. The Morgan fingerprint density at radius 3 is 2.57 bits per heavy atom. The maximum Gasteiger partial charge on any atom is 0.319 e. The Hall–Kier alpha value is -1.22. The summed E-state index contributed by atoms with van der Waals surface area (Å²) in [5.74, 6) is 0. The van der Waals surface area contributed by atoms with Gasteiger partial charge in [-0.3, -0.25) is 0 Å². The number of para-hydroxylation sites is 1. The van der Waals surface area contributed by atoms with Gasteiger partial charge in [0.15, 0.2) is 0 Å². The number of carbonyl (C=O) groups is 1. The van der Waals surface area contributed by atoms with Crippen LogP contribution in [0.4, 0.5) is 10.5 Å². The predicted octanol–water partition coefficient (Wildman–Crippen LogP) is 2.87. The number of benzene rings is 1. The summed E-state index contributed by atoms with van der Waals surface area (Å²) in [6.07, 6.45) is 0. The molecule has 3 nitrogen and oxygen atoms in total. The minimum absolute atomic E-state index is 0.109. The third-order valence-corrected chi connectivity index (χ3v) is 1.87. The van der Waals surface area contributed by atoms with Crippen LogP contribution in [0.2, 0.25) is 5.02 Å². The summed E-state index contributed by atoms with van der Waals surface area (Å²) < 4.78 is 0. The van der Waals surface area contributed by atoms with Gasteiger partial charge in [0.2, 0.25) is 0 Å². The van der Waals surface area contributed by atoms with E-state index in [-0.39, 0.29) is 12.1 Å². The van der Waals surface area contributed by atoms with Crippen molar-refractivity contribution in [3.8, 4) is 0 Å². The van der Waals surface area contributed by atoms with Gasteiger partial charge in [0, 0.05) is 6.04 Å². The Balaban J connectivity index is 2.61. The molecule has 0 aromatic heterocycles. The van der Waals surface area contributed by atoms with Crippen LogP contribution >= 0.6 is 11.6 Å². The Bertz CT molecular complexity index is 326. The number of anilines is 1. The molecule has 76 valence electrons. The van der Waals surface area contributed by atoms with Crippen molar-refractivity contribution < 1.29 is 4.79 Å². The summed E-state index contributed by atoms with van der Waals surface area (Å²) in [7, 11) is 0. The van der Waals surface area contributed by atoms with Crippen LogP contribution in [0.3, 0.4) is 0 Å². The van der Waals surface area contributed by atoms with Gasteiger partial charge in [0.1, 0.15) is 0 Å². The van der Waals surface area contributed by atoms with Crippen molar-refractivity contribution in [1.82, 2.24) is 5.32 Å². The van der Waals surface area contributed by atoms with Crippen molar-refractivity contribution in [3.63, 3.8) is 0 Å². The molecule has 0 bridgehead atoms. The Kier molecular flexibility index (Phi) is 3.77. The largest absolute Gasteiger partial charge is 0.336 e. The molecule has 14 heavy (non-hydrogen) atoms. The highest BCUT2D eigenvalue weighted by Gasteiger charge is 2.04. The molecule has 0 atom stereocenters. The molecule has 1 aromatic carbocycles. The first-order valence-electron chi connectivity index (χ1n) is 4.41. The van der Waals surface area contributed by atoms with E-state index in [2.05, 4.69) is 10.6 Å². The number of urea groups is 1. The fraction of sp³-hybridized carbons (Fsp3) is 0.300. The zero-order valence-electron chi connectivity index (χ0n) is 8.17. The highest BCUT2D eigenvalue weighted by Crippen LogP contribution is 2.19. The fourth-order valence-electron chi connectivity index (χ4n) is 0.983. The lowest BCUT2D eigenvalue weighted by molar-refractivity contribution is 0.250. The second kappa shape index (κ2) is 4.86. The number of hydrogen-bond donors (Lipinski definition) is 2. The summed E-state index contributed by atoms with van der Waals surface area (Å²) in [6.45, 7) is 3.79. The molecule has 0 heterocycles. The Labute approximate surface area is 88.5 Å². The molecule has 1 rings (SSSR count). The van der Waals surface area contributed by atoms with Gasteiger partial charge in [0.05, 0.1) is 10.7 Å². The van der Waals surface area contributed by atoms with Gasteiger partial charge in [-0.25, -0.2) is 4.79 Å². The summed E-state index contributed by atoms with van der Waals surface area (Å²) in [5, 5.41) is 5.90. The molecule has 0 saturated carbocycles. The van der Waals surface area contributed by atoms with Crippen LogP contribution in [0.25, 0.3) is 0 Å². The molecular weight excluding hydrogens is 200 g/mol. The number of amides is 2. The molecule has 1 aromatic rings. The second-order valence-corrected chi connectivity index (χ2v) is 3.64. The number of nitrogens with one attached hydrogen (secondary N) is 2. The van der Waals surface area contributed by atoms with Crippen molar-refractivity contribution in [2.24, 2.45) is 0 Å². The van der Waals surface area contributed by atoms with Crippen LogP contribution in [0, 0.1) is 0 Å². The van der Waals surface area contributed by atoms with Crippen LogP contribution in [-0.4, -0.2) is 12.1 Å². The summed E-state index contributed by atoms with van der Waals surface area (Å²) >= 11 is 5.86. The molecule has 2 N–H and O–H groups in total. The number of carbonyl (C=O) groups excluding carboxylic acids is 1. The van der Waals surface area contributed by atoms with E-state index in [4.69, 9.17) is 11.6 Å². The van der Waals surface area contributed by atoms with E-state index in [0.717, 1.165) is 0 Å². The van der Waals surface area contributed by atoms with Gasteiger partial charge in [-0.1, -0.05) is 23.7 Å². The predicted molar refractivity (Wildman–Crippen MR) is 58.7 cm³/mol. The van der Waals surface area contributed by atoms with Crippen LogP contribution in [0.1, 0.15) is 13.8 Å². The van der Waals surface area contributed by atoms with Gasteiger partial charge in [-0.2, -0.15) is 0 Å². The topological polar surface area (TPSA) is 41.1 Å². The van der Waals surface area contributed by atoms with E-state index >= 15 is 0 Å². The van der Waals surface area contributed by atoms with Gasteiger partial charge >= 0.3 is 6.03 Å². The zero-order chi connectivity index (χ0) is 10.6. The molecule has 0 aliphatic carbocycles. The van der Waals surface area contributed by atoms with Gasteiger partial charge in [-0.15, -0.1) is 0 Å². The minimum Gasteiger partial charge on any atom is -0.336 e. The molecule has 0 saturated heterocycles. The van der Waals surface area contributed by atoms with Crippen molar-refractivity contribution in [3.05, 3.63) is 29.3 Å². The van der Waals surface area contributed by atoms with Gasteiger partial charge in [0.25, 0.3) is 0 Å². The Morgan fingerprint density at radius 2 is 2.00 bits per heavy atom. The summed E-state index contributed by atoms with van der Waals surface area (Å²) in [4.78, 5) is 11.3. The minimum atomic E-state index is -0.242. The maximum atomic E-state index is 11.3. The maximum absolute atomic E-state index is 11.3. The number of hydrogen-bond acceptors (Lipinski definition) is 1. The van der Waals surface area contributed by atoms with E-state index in [9.17, 15) is 4.79 Å². The van der Waals surface area contributed by atoms with Crippen molar-refractivity contribution in [2.75, 3.05) is 5.32 Å². The van der Waals surface area contributed by atoms with Gasteiger partial charge in [-0.05, 0) is 26.0 Å². The quantitative estimate of drug-likeness (QED) is 0.778. The lowest BCUT2D eigenvalue weighted by atomic mass is 10.3. The molecular formula is C10H13ClN2O. The van der Waals surface area contributed by atoms with E-state index in [1.165, 1.54) is 0 Å². The van der Waals surface area contributed by atoms with E-state index in [1.807, 2.05) is 26.0 Å². The highest BCUT2D eigenvalue weighted by molar-refractivity contribution is 6.33. The molecule has 0 radical (unpaired) electrons. The monoisotopic (exact) mass is 212 g/mol. The van der Waals surface area contributed by atoms with E-state index in [1.54, 1.807) is 12.1 Å². The average Bonchev–Trinajstić information content (AvgIpc) is 2.07. The summed E-state index contributed by atoms with van der Waals surface area (Å²) in [6, 6.07) is 6.98. The lowest BCUT2D eigenvalue weighted by Crippen LogP contribution is -2.34. The third kappa shape index (κ3) is 3.26. The van der Waals surface area contributed by atoms with Crippen molar-refractivity contribution in [2.45, 2.75) is 19.9 Å². The van der Waals surface area contributed by atoms with Crippen molar-refractivity contribution in [1.29, 1.82) is 0 Å². The first-order valence-corrected chi connectivity index (χ1v) is 4.79. The molecule has 2 amide bonds. The molecule has 0 spiro atoms. The van der Waals surface area contributed by atoms with E-state index in [0.29, 0.717) is 10.7 Å². The standard InChI is InChI=1S/C10H13ClN2O/c1-7(2)12-10(14)13-9-6-4-3-5-8(9)11/h3-7H,1-2H3,(H2,12,13,14). The van der Waals surface area contributed by atoms with Crippen LogP contribution in [0.5, 0.6) is 0 Å². The van der Waals surface area contributed by atoms with Crippen LogP contribution in [-0.2, 0) is 0 Å². The normalized spacial score (nSPS) is 10.0. The second-order valence-electron chi connectivity index (χ2n) is 3.23. The van der Waals surface area contributed by atoms with Gasteiger partial charge < -0.3 is 10.6 Å². The SMILES string of the molecule is CC(C)NC(=O)Nc1ccccc1Cl. The van der Waals surface area contributed by atoms with E-state index < -0.39 is 0 Å². The molecule has 0 fully saturated rings. The number of rotatable bonds is 2. The zero-order valence-corrected chi connectivity index (χ0v) is 8.93. The third-order valence-electron chi connectivity index (χ3n) is 1.54. The lowest BCUT2D eigenvalue weighted by Gasteiger charge is -2.10. The first-order chi connectivity index (χ1) is 6.59. The molecule has 4 heteroatoms.